The molecule has 5 unspecified atom stereocenters. The van der Waals surface area contributed by atoms with Gasteiger partial charge in [-0.05, 0) is 106 Å². The van der Waals surface area contributed by atoms with Crippen LogP contribution in [-0.2, 0) is 24.3 Å². The van der Waals surface area contributed by atoms with Crippen LogP contribution in [0.1, 0.15) is 101 Å². The fourth-order valence-corrected chi connectivity index (χ4v) is 9.72. The molecule has 2 bridgehead atoms. The number of methoxy groups -OCH3 is 2. The van der Waals surface area contributed by atoms with Gasteiger partial charge in [0, 0.05) is 47.1 Å². The lowest BCUT2D eigenvalue weighted by Gasteiger charge is -2.46. The summed E-state index contributed by atoms with van der Waals surface area (Å²) in [6, 6.07) is 25.7. The summed E-state index contributed by atoms with van der Waals surface area (Å²) in [6.07, 6.45) is 5.52. The number of allylic oxidation sites excluding steroid dienone is 2. The molecule has 8 nitrogen and oxygen atoms in total. The highest BCUT2D eigenvalue weighted by atomic mass is 32.1. The Kier molecular flexibility index (Phi) is 13.9. The van der Waals surface area contributed by atoms with Gasteiger partial charge in [0.1, 0.15) is 11.5 Å². The molecule has 7 rings (SSSR count). The van der Waals surface area contributed by atoms with E-state index in [2.05, 4.69) is 37.0 Å². The van der Waals surface area contributed by atoms with Gasteiger partial charge in [0.15, 0.2) is 0 Å². The van der Waals surface area contributed by atoms with E-state index in [4.69, 9.17) is 14.2 Å². The molecule has 3 N–H and O–H groups in total. The van der Waals surface area contributed by atoms with Gasteiger partial charge in [-0.1, -0.05) is 67.1 Å². The summed E-state index contributed by atoms with van der Waals surface area (Å²) in [4.78, 5) is 18.3. The molecule has 56 heavy (non-hydrogen) atoms. The third kappa shape index (κ3) is 9.81. The first-order valence-electron chi connectivity index (χ1n) is 19.9. The Hall–Kier alpha value is -3.83. The largest absolute Gasteiger partial charge is 0.497 e. The van der Waals surface area contributed by atoms with Crippen LogP contribution < -0.4 is 9.47 Å². The lowest BCUT2D eigenvalue weighted by molar-refractivity contribution is -0.0924. The van der Waals surface area contributed by atoms with Crippen molar-refractivity contribution >= 4 is 17.1 Å². The van der Waals surface area contributed by atoms with Gasteiger partial charge < -0.3 is 29.5 Å². The number of aliphatic hydroxyl groups excluding tert-OH is 2. The van der Waals surface area contributed by atoms with Crippen LogP contribution in [0.15, 0.2) is 90.5 Å². The quantitative estimate of drug-likeness (QED) is 0.0865. The van der Waals surface area contributed by atoms with E-state index >= 15 is 0 Å². The van der Waals surface area contributed by atoms with Gasteiger partial charge in [-0.3, -0.25) is 9.69 Å². The van der Waals surface area contributed by atoms with E-state index in [1.807, 2.05) is 73.7 Å². The van der Waals surface area contributed by atoms with E-state index < -0.39 is 23.2 Å². The number of aryl methyl sites for hydroxylation is 1. The molecule has 4 aromatic rings. The van der Waals surface area contributed by atoms with Gasteiger partial charge in [0.25, 0.3) is 0 Å². The Morgan fingerprint density at radius 3 is 2.52 bits per heavy atom. The summed E-state index contributed by atoms with van der Waals surface area (Å²) >= 11 is 1.50. The zero-order valence-electron chi connectivity index (χ0n) is 33.6. The molecule has 5 atom stereocenters. The highest BCUT2D eigenvalue weighted by Gasteiger charge is 2.57. The average molecular weight is 782 g/mol. The van der Waals surface area contributed by atoms with Gasteiger partial charge >= 0.3 is 0 Å². The standard InChI is InChI=1S/C47H59NO7S/c1-32-10-9-22-46(3)42(40-19-15-35(24-37(49)17-13-32)25-41(40)45(51)44-20-14-33(2)56-44)21-23-47(46,52)31-48(27-36-16-18-39(53-4)26-43(36)54-5)28-38(50)30-55-29-34-11-7-6-8-12-34/h6-8,10-12,14-16,18-20,25-26,37-38,42,49-50,52H,9,13,17,21-24,27-31H2,1-5H3. The maximum absolute atomic E-state index is 14.4. The number of hydrogen-bond donors (Lipinski definition) is 3. The molecule has 1 saturated carbocycles. The predicted molar refractivity (Wildman–Crippen MR) is 223 cm³/mol. The Morgan fingerprint density at radius 2 is 1.79 bits per heavy atom. The predicted octanol–water partition coefficient (Wildman–Crippen LogP) is 8.42. The van der Waals surface area contributed by atoms with Crippen molar-refractivity contribution in [3.63, 3.8) is 0 Å². The highest BCUT2D eigenvalue weighted by molar-refractivity contribution is 7.14. The van der Waals surface area contributed by atoms with Crippen molar-refractivity contribution in [2.75, 3.05) is 33.9 Å². The van der Waals surface area contributed by atoms with E-state index in [-0.39, 0.29) is 24.9 Å². The first-order valence-corrected chi connectivity index (χ1v) is 20.8. The maximum Gasteiger partial charge on any atom is 0.203 e. The minimum atomic E-state index is -1.17. The molecule has 300 valence electrons. The average Bonchev–Trinajstić information content (AvgIpc) is 3.73. The normalized spacial score (nSPS) is 23.3. The first kappa shape index (κ1) is 41.8. The Labute approximate surface area is 336 Å². The molecule has 0 saturated heterocycles. The number of benzene rings is 3. The summed E-state index contributed by atoms with van der Waals surface area (Å²) in [6.45, 7) is 7.85. The van der Waals surface area contributed by atoms with Crippen LogP contribution in [0.4, 0.5) is 0 Å². The van der Waals surface area contributed by atoms with Crippen molar-refractivity contribution in [1.29, 1.82) is 0 Å². The highest BCUT2D eigenvalue weighted by Crippen LogP contribution is 2.59. The van der Waals surface area contributed by atoms with Crippen molar-refractivity contribution < 1.29 is 34.3 Å². The summed E-state index contributed by atoms with van der Waals surface area (Å²) < 4.78 is 17.3. The number of aliphatic hydroxyl groups is 3. The minimum Gasteiger partial charge on any atom is -0.497 e. The topological polar surface area (TPSA) is 109 Å². The molecule has 0 amide bonds. The molecular formula is C47H59NO7S. The smallest absolute Gasteiger partial charge is 0.203 e. The number of nitrogens with zero attached hydrogens (tertiary/aromatic N) is 1. The zero-order valence-corrected chi connectivity index (χ0v) is 34.4. The molecule has 0 spiro atoms. The monoisotopic (exact) mass is 781 g/mol. The molecule has 1 heterocycles. The number of carbonyl (C=O) groups excluding carboxylic acids is 1. The second-order valence-corrected chi connectivity index (χ2v) is 17.5. The molecule has 0 aliphatic heterocycles. The van der Waals surface area contributed by atoms with Gasteiger partial charge in [0.05, 0.1) is 50.1 Å². The molecule has 3 aromatic carbocycles. The van der Waals surface area contributed by atoms with Crippen molar-refractivity contribution in [1.82, 2.24) is 4.90 Å². The van der Waals surface area contributed by atoms with Crippen molar-refractivity contribution in [3.05, 3.63) is 128 Å². The number of ketones is 1. The summed E-state index contributed by atoms with van der Waals surface area (Å²) in [5.41, 5.74) is 3.92. The van der Waals surface area contributed by atoms with Crippen LogP contribution in [0.25, 0.3) is 0 Å². The first-order chi connectivity index (χ1) is 26.9. The fraction of sp³-hybridized carbons (Fsp3) is 0.468. The van der Waals surface area contributed by atoms with Crippen LogP contribution in [-0.4, -0.2) is 77.7 Å². The van der Waals surface area contributed by atoms with E-state index in [1.165, 1.54) is 16.9 Å². The van der Waals surface area contributed by atoms with Crippen molar-refractivity contribution in [2.45, 2.75) is 103 Å². The molecule has 0 radical (unpaired) electrons. The lowest BCUT2D eigenvalue weighted by atomic mass is 9.64. The fourth-order valence-electron chi connectivity index (χ4n) is 8.90. The van der Waals surface area contributed by atoms with Crippen LogP contribution in [0.3, 0.4) is 0 Å². The summed E-state index contributed by atoms with van der Waals surface area (Å²) in [5.74, 6) is 1.23. The summed E-state index contributed by atoms with van der Waals surface area (Å²) in [5, 5.41) is 35.7. The van der Waals surface area contributed by atoms with Gasteiger partial charge in [-0.15, -0.1) is 11.3 Å². The maximum atomic E-state index is 14.4. The second-order valence-electron chi connectivity index (χ2n) is 16.2. The van der Waals surface area contributed by atoms with Crippen LogP contribution in [0.5, 0.6) is 11.5 Å². The number of thiophene rings is 1. The van der Waals surface area contributed by atoms with Gasteiger partial charge in [-0.2, -0.15) is 0 Å². The number of carbonyl (C=O) groups is 1. The summed E-state index contributed by atoms with van der Waals surface area (Å²) in [7, 11) is 3.26. The third-order valence-corrected chi connectivity index (χ3v) is 13.1. The van der Waals surface area contributed by atoms with Crippen LogP contribution >= 0.6 is 11.3 Å². The minimum absolute atomic E-state index is 0.0121. The Balaban J connectivity index is 1.36. The van der Waals surface area contributed by atoms with E-state index in [0.717, 1.165) is 40.0 Å². The van der Waals surface area contributed by atoms with E-state index in [9.17, 15) is 20.1 Å². The van der Waals surface area contributed by atoms with Crippen LogP contribution in [0.2, 0.25) is 0 Å². The second kappa shape index (κ2) is 18.6. The molecule has 1 fully saturated rings. The Bertz CT molecular complexity index is 1960. The Morgan fingerprint density at radius 1 is 0.982 bits per heavy atom. The van der Waals surface area contributed by atoms with Crippen molar-refractivity contribution in [2.24, 2.45) is 5.41 Å². The SMILES string of the molecule is COc1ccc(CN(CC(O)COCc2ccccc2)CC2(O)CCC3c4ccc(cc4C(=O)c4ccc(C)s4)CC(O)CCC(C)=CCCC32C)c(OC)c1. The third-order valence-electron chi connectivity index (χ3n) is 12.1. The molecule has 1 aromatic heterocycles. The van der Waals surface area contributed by atoms with E-state index in [1.54, 1.807) is 14.2 Å². The number of rotatable bonds is 14. The number of fused-ring (bicyclic) bond motifs is 8. The molecule has 3 aliphatic rings. The molecule has 3 aliphatic carbocycles. The number of hydrogen-bond acceptors (Lipinski definition) is 9. The van der Waals surface area contributed by atoms with Crippen molar-refractivity contribution in [3.8, 4) is 11.5 Å². The lowest BCUT2D eigenvalue weighted by Crippen LogP contribution is -2.53. The number of ether oxygens (including phenoxy) is 3. The van der Waals surface area contributed by atoms with Crippen LogP contribution in [0, 0.1) is 12.3 Å². The molecular weight excluding hydrogens is 723 g/mol. The van der Waals surface area contributed by atoms with Gasteiger partial charge in [0.2, 0.25) is 5.78 Å². The molecule has 9 heteroatoms. The zero-order chi connectivity index (χ0) is 39.9. The van der Waals surface area contributed by atoms with Gasteiger partial charge in [-0.25, -0.2) is 0 Å². The van der Waals surface area contributed by atoms with E-state index in [0.29, 0.717) is 73.7 Å².